The molecule has 0 aliphatic carbocycles. The molecule has 24 heavy (non-hydrogen) atoms. The van der Waals surface area contributed by atoms with E-state index >= 15 is 0 Å². The first-order valence-electron chi connectivity index (χ1n) is 7.57. The van der Waals surface area contributed by atoms with E-state index in [-0.39, 0.29) is 18.2 Å². The number of aryl methyl sites for hydroxylation is 1. The number of halogens is 1. The lowest BCUT2D eigenvalue weighted by molar-refractivity contribution is -0.127. The van der Waals surface area contributed by atoms with Gasteiger partial charge in [-0.25, -0.2) is 14.4 Å². The largest absolute Gasteiger partial charge is 0.478 e. The van der Waals surface area contributed by atoms with Crippen LogP contribution in [0.1, 0.15) is 18.3 Å². The van der Waals surface area contributed by atoms with Crippen LogP contribution in [-0.2, 0) is 11.3 Å². The molecule has 0 fully saturated rings. The van der Waals surface area contributed by atoms with Gasteiger partial charge in [0.05, 0.1) is 12.2 Å². The maximum atomic E-state index is 13.6. The van der Waals surface area contributed by atoms with Gasteiger partial charge in [-0.1, -0.05) is 12.1 Å². The van der Waals surface area contributed by atoms with Gasteiger partial charge in [0.25, 0.3) is 5.91 Å². The molecule has 2 rings (SSSR count). The molecule has 0 aliphatic rings. The van der Waals surface area contributed by atoms with Gasteiger partial charge < -0.3 is 15.0 Å². The highest BCUT2D eigenvalue weighted by Crippen LogP contribution is 2.17. The number of carbonyl (C=O) groups excluding carboxylic acids is 1. The van der Waals surface area contributed by atoms with E-state index in [0.717, 1.165) is 5.69 Å². The number of ether oxygens (including phenoxy) is 1. The van der Waals surface area contributed by atoms with E-state index in [1.54, 1.807) is 30.0 Å². The molecule has 2 aromatic rings. The second-order valence-electron chi connectivity index (χ2n) is 5.60. The van der Waals surface area contributed by atoms with Crippen molar-refractivity contribution in [2.45, 2.75) is 26.5 Å². The molecule has 1 aromatic carbocycles. The summed E-state index contributed by atoms with van der Waals surface area (Å²) in [5, 5.41) is 2.74. The summed E-state index contributed by atoms with van der Waals surface area (Å²) in [6.07, 6.45) is -0.821. The second-order valence-corrected chi connectivity index (χ2v) is 5.60. The molecule has 1 aromatic heterocycles. The van der Waals surface area contributed by atoms with E-state index in [2.05, 4.69) is 15.3 Å². The Morgan fingerprint density at radius 3 is 2.71 bits per heavy atom. The monoisotopic (exact) mass is 332 g/mol. The SMILES string of the molecule is Cc1cc(CNC(=O)C(C)Oc2ccccc2F)nc(N(C)C)n1. The van der Waals surface area contributed by atoms with Crippen molar-refractivity contribution in [1.29, 1.82) is 0 Å². The molecule has 0 saturated carbocycles. The molecular weight excluding hydrogens is 311 g/mol. The van der Waals surface area contributed by atoms with Gasteiger partial charge in [0.2, 0.25) is 5.95 Å². The number of para-hydroxylation sites is 1. The minimum atomic E-state index is -0.821. The van der Waals surface area contributed by atoms with Gasteiger partial charge in [-0.15, -0.1) is 0 Å². The van der Waals surface area contributed by atoms with Gasteiger partial charge in [0, 0.05) is 19.8 Å². The predicted molar refractivity (Wildman–Crippen MR) is 89.4 cm³/mol. The Labute approximate surface area is 140 Å². The fraction of sp³-hybridized carbons (Fsp3) is 0.353. The molecule has 1 heterocycles. The Morgan fingerprint density at radius 2 is 2.04 bits per heavy atom. The summed E-state index contributed by atoms with van der Waals surface area (Å²) < 4.78 is 18.9. The normalized spacial score (nSPS) is 11.7. The molecule has 1 unspecified atom stereocenters. The Hall–Kier alpha value is -2.70. The van der Waals surface area contributed by atoms with E-state index in [9.17, 15) is 9.18 Å². The third kappa shape index (κ3) is 4.65. The minimum Gasteiger partial charge on any atom is -0.478 e. The zero-order valence-corrected chi connectivity index (χ0v) is 14.2. The van der Waals surface area contributed by atoms with E-state index in [1.807, 2.05) is 21.0 Å². The van der Waals surface area contributed by atoms with Crippen LogP contribution < -0.4 is 15.0 Å². The average Bonchev–Trinajstić information content (AvgIpc) is 2.54. The summed E-state index contributed by atoms with van der Waals surface area (Å²) in [6, 6.07) is 7.78. The number of nitrogens with zero attached hydrogens (tertiary/aromatic N) is 3. The number of carbonyl (C=O) groups is 1. The van der Waals surface area contributed by atoms with Crippen molar-refractivity contribution >= 4 is 11.9 Å². The van der Waals surface area contributed by atoms with Gasteiger partial charge in [-0.05, 0) is 32.0 Å². The number of hydrogen-bond donors (Lipinski definition) is 1. The zero-order valence-electron chi connectivity index (χ0n) is 14.2. The second kappa shape index (κ2) is 7.72. The highest BCUT2D eigenvalue weighted by Gasteiger charge is 2.16. The number of amides is 1. The number of rotatable bonds is 6. The first-order chi connectivity index (χ1) is 11.4. The average molecular weight is 332 g/mol. The molecule has 0 spiro atoms. The van der Waals surface area contributed by atoms with Gasteiger partial charge in [0.15, 0.2) is 17.7 Å². The van der Waals surface area contributed by atoms with Gasteiger partial charge in [-0.3, -0.25) is 4.79 Å². The van der Waals surface area contributed by atoms with Crippen molar-refractivity contribution in [2.24, 2.45) is 0 Å². The lowest BCUT2D eigenvalue weighted by Gasteiger charge is -2.16. The molecule has 1 atom stereocenters. The smallest absolute Gasteiger partial charge is 0.261 e. The van der Waals surface area contributed by atoms with Crippen LogP contribution in [0.4, 0.5) is 10.3 Å². The van der Waals surface area contributed by atoms with Crippen molar-refractivity contribution < 1.29 is 13.9 Å². The van der Waals surface area contributed by atoms with Crippen molar-refractivity contribution in [1.82, 2.24) is 15.3 Å². The topological polar surface area (TPSA) is 67.3 Å². The summed E-state index contributed by atoms with van der Waals surface area (Å²) in [5.41, 5.74) is 1.51. The zero-order chi connectivity index (χ0) is 17.7. The Balaban J connectivity index is 1.96. The summed E-state index contributed by atoms with van der Waals surface area (Å²) in [5.74, 6) is -0.219. The van der Waals surface area contributed by atoms with Crippen molar-refractivity contribution in [3.63, 3.8) is 0 Å². The summed E-state index contributed by atoms with van der Waals surface area (Å²) in [4.78, 5) is 22.6. The molecule has 0 bridgehead atoms. The Morgan fingerprint density at radius 1 is 1.33 bits per heavy atom. The van der Waals surface area contributed by atoms with Gasteiger partial charge in [-0.2, -0.15) is 0 Å². The van der Waals surface area contributed by atoms with Crippen LogP contribution in [0.3, 0.4) is 0 Å². The van der Waals surface area contributed by atoms with Crippen LogP contribution in [0.5, 0.6) is 5.75 Å². The summed E-state index contributed by atoms with van der Waals surface area (Å²) in [6.45, 7) is 3.68. The highest BCUT2D eigenvalue weighted by molar-refractivity contribution is 5.80. The fourth-order valence-electron chi connectivity index (χ4n) is 2.01. The Kier molecular flexibility index (Phi) is 5.68. The molecule has 128 valence electrons. The standard InChI is InChI=1S/C17H21FN4O2/c1-11-9-13(21-17(20-11)22(3)4)10-19-16(23)12(2)24-15-8-6-5-7-14(15)18/h5-9,12H,10H2,1-4H3,(H,19,23). The quantitative estimate of drug-likeness (QED) is 0.877. The molecule has 7 heteroatoms. The maximum absolute atomic E-state index is 13.6. The maximum Gasteiger partial charge on any atom is 0.261 e. The van der Waals surface area contributed by atoms with Crippen LogP contribution in [0, 0.1) is 12.7 Å². The molecule has 0 saturated heterocycles. The number of anilines is 1. The molecule has 6 nitrogen and oxygen atoms in total. The Bertz CT molecular complexity index is 721. The number of aromatic nitrogens is 2. The molecule has 0 radical (unpaired) electrons. The third-order valence-corrected chi connectivity index (χ3v) is 3.25. The molecule has 1 amide bonds. The number of nitrogens with one attached hydrogen (secondary N) is 1. The minimum absolute atomic E-state index is 0.0490. The molecule has 0 aliphatic heterocycles. The predicted octanol–water partition coefficient (Wildman–Crippen LogP) is 2.07. The lowest BCUT2D eigenvalue weighted by Crippen LogP contribution is -2.36. The summed E-state index contributed by atoms with van der Waals surface area (Å²) >= 11 is 0. The van der Waals surface area contributed by atoms with Crippen molar-refractivity contribution in [3.8, 4) is 5.75 Å². The van der Waals surface area contributed by atoms with E-state index in [1.165, 1.54) is 12.1 Å². The van der Waals surface area contributed by atoms with Crippen LogP contribution >= 0.6 is 0 Å². The first kappa shape index (κ1) is 17.7. The fourth-order valence-corrected chi connectivity index (χ4v) is 2.01. The summed E-state index contributed by atoms with van der Waals surface area (Å²) in [7, 11) is 3.70. The van der Waals surface area contributed by atoms with Crippen LogP contribution in [0.2, 0.25) is 0 Å². The van der Waals surface area contributed by atoms with Crippen LogP contribution in [0.15, 0.2) is 30.3 Å². The third-order valence-electron chi connectivity index (χ3n) is 3.25. The van der Waals surface area contributed by atoms with E-state index in [0.29, 0.717) is 11.6 Å². The van der Waals surface area contributed by atoms with E-state index in [4.69, 9.17) is 4.74 Å². The van der Waals surface area contributed by atoms with Gasteiger partial charge >= 0.3 is 0 Å². The van der Waals surface area contributed by atoms with Crippen LogP contribution in [0.25, 0.3) is 0 Å². The number of hydrogen-bond acceptors (Lipinski definition) is 5. The lowest BCUT2D eigenvalue weighted by atomic mass is 10.3. The first-order valence-corrected chi connectivity index (χ1v) is 7.57. The van der Waals surface area contributed by atoms with Crippen molar-refractivity contribution in [3.05, 3.63) is 47.5 Å². The molecule has 1 N–H and O–H groups in total. The number of benzene rings is 1. The van der Waals surface area contributed by atoms with Crippen molar-refractivity contribution in [2.75, 3.05) is 19.0 Å². The molecular formula is C17H21FN4O2. The van der Waals surface area contributed by atoms with Crippen LogP contribution in [-0.4, -0.2) is 36.1 Å². The van der Waals surface area contributed by atoms with E-state index < -0.39 is 11.9 Å². The van der Waals surface area contributed by atoms with Gasteiger partial charge in [0.1, 0.15) is 0 Å². The highest BCUT2D eigenvalue weighted by atomic mass is 19.1.